The molecule has 0 saturated heterocycles. The van der Waals surface area contributed by atoms with Gasteiger partial charge in [0, 0.05) is 11.1 Å². The van der Waals surface area contributed by atoms with Crippen molar-refractivity contribution in [2.75, 3.05) is 19.2 Å². The number of ether oxygens (including phenoxy) is 3. The van der Waals surface area contributed by atoms with Crippen LogP contribution in [-0.4, -0.2) is 87.8 Å². The predicted molar refractivity (Wildman–Crippen MR) is 86.1 cm³/mol. The molecule has 0 aromatic carbocycles. The molecule has 0 unspecified atom stereocenters. The quantitative estimate of drug-likeness (QED) is 0.178. The fourth-order valence-corrected chi connectivity index (χ4v) is 1.30. The van der Waals surface area contributed by atoms with Crippen LogP contribution in [0.2, 0.25) is 0 Å². The average molecular weight is 392 g/mol. The molecular weight excluding hydrogens is 372 g/mol. The van der Waals surface area contributed by atoms with E-state index in [1.165, 1.54) is 13.8 Å². The van der Waals surface area contributed by atoms with E-state index < -0.39 is 53.1 Å². The number of carbonyl (C=O) groups excluding carboxylic acids is 3. The molecule has 0 spiro atoms. The molecule has 1 N–H and O–H groups in total. The topological polar surface area (TPSA) is 133 Å². The van der Waals surface area contributed by atoms with Gasteiger partial charge in [-0.1, -0.05) is 13.2 Å². The Morgan fingerprint density at radius 3 is 1.62 bits per heavy atom. The number of hydrogen-bond donors (Lipinski definition) is 1. The summed E-state index contributed by atoms with van der Waals surface area (Å²) >= 11 is 0. The molecule has 0 aliphatic heterocycles. The zero-order valence-corrected chi connectivity index (χ0v) is 13.6. The summed E-state index contributed by atoms with van der Waals surface area (Å²) in [5.41, 5.74) is 0.156. The second kappa shape index (κ2) is 11.6. The summed E-state index contributed by atoms with van der Waals surface area (Å²) in [5.74, 6) is -5.26. The van der Waals surface area contributed by atoms with Gasteiger partial charge in [0.05, 0.1) is 0 Å². The minimum atomic E-state index is -4.53. The van der Waals surface area contributed by atoms with Crippen LogP contribution in [0.5, 0.6) is 0 Å². The molecule has 0 heterocycles. The molecule has 0 saturated carbocycles. The summed E-state index contributed by atoms with van der Waals surface area (Å²) in [6, 6.07) is 0. The standard InChI is InChI=1S/C13H18O9S.Ca.2H/c1-8(2)11(14)20-5-10(6-21-12(15)9(3)4)13(16)22-7-23(17,18)19;;;/h10H,1,3,5-7H2,2,4H3,(H,17,18,19);;;. The first-order chi connectivity index (χ1) is 10.4. The van der Waals surface area contributed by atoms with E-state index >= 15 is 0 Å². The van der Waals surface area contributed by atoms with Crippen LogP contribution in [-0.2, 0) is 38.7 Å². The van der Waals surface area contributed by atoms with Crippen molar-refractivity contribution in [3.8, 4) is 0 Å². The van der Waals surface area contributed by atoms with Gasteiger partial charge in [-0.2, -0.15) is 8.42 Å². The van der Waals surface area contributed by atoms with Crippen LogP contribution < -0.4 is 0 Å². The molecule has 0 aliphatic rings. The molecular formula is C13H20CaO9S. The number of rotatable bonds is 9. The fraction of sp³-hybridized carbons (Fsp3) is 0.462. The van der Waals surface area contributed by atoms with Crippen molar-refractivity contribution < 1.29 is 41.6 Å². The zero-order chi connectivity index (χ0) is 18.2. The Balaban J connectivity index is 0. The van der Waals surface area contributed by atoms with Crippen molar-refractivity contribution in [2.24, 2.45) is 5.92 Å². The molecule has 11 heteroatoms. The van der Waals surface area contributed by atoms with Gasteiger partial charge in [-0.05, 0) is 13.8 Å². The average Bonchev–Trinajstić information content (AvgIpc) is 2.42. The van der Waals surface area contributed by atoms with Gasteiger partial charge in [-0.25, -0.2) is 9.59 Å². The Kier molecular flexibility index (Phi) is 12.2. The van der Waals surface area contributed by atoms with Crippen LogP contribution in [0.4, 0.5) is 0 Å². The van der Waals surface area contributed by atoms with E-state index in [2.05, 4.69) is 17.9 Å². The fourth-order valence-electron chi connectivity index (χ4n) is 1.03. The van der Waals surface area contributed by atoms with Gasteiger partial charge in [0.2, 0.25) is 5.94 Å². The third kappa shape index (κ3) is 11.6. The van der Waals surface area contributed by atoms with Crippen molar-refractivity contribution in [2.45, 2.75) is 13.8 Å². The molecule has 0 aliphatic carbocycles. The SMILES string of the molecule is C=C(C)C(=O)OCC(COC(=O)C(=C)C)C(=O)OCS(=O)(=O)O.[CaH2]. The Hall–Kier alpha value is -0.940. The van der Waals surface area contributed by atoms with E-state index in [-0.39, 0.29) is 48.9 Å². The van der Waals surface area contributed by atoms with E-state index in [1.54, 1.807) is 0 Å². The Labute approximate surface area is 169 Å². The van der Waals surface area contributed by atoms with E-state index in [0.29, 0.717) is 0 Å². The number of esters is 3. The molecule has 0 amide bonds. The van der Waals surface area contributed by atoms with Gasteiger partial charge >= 0.3 is 65.8 Å². The van der Waals surface area contributed by atoms with Crippen molar-refractivity contribution in [3.05, 3.63) is 24.3 Å². The third-order valence-corrected chi connectivity index (χ3v) is 2.63. The molecule has 24 heavy (non-hydrogen) atoms. The van der Waals surface area contributed by atoms with Crippen LogP contribution in [0.25, 0.3) is 0 Å². The second-order valence-electron chi connectivity index (χ2n) is 4.62. The molecule has 0 aromatic heterocycles. The Morgan fingerprint density at radius 1 is 0.958 bits per heavy atom. The molecule has 0 bridgehead atoms. The summed E-state index contributed by atoms with van der Waals surface area (Å²) in [6.07, 6.45) is 0. The van der Waals surface area contributed by atoms with Crippen molar-refractivity contribution in [1.82, 2.24) is 0 Å². The van der Waals surface area contributed by atoms with Gasteiger partial charge < -0.3 is 14.2 Å². The molecule has 9 nitrogen and oxygen atoms in total. The Bertz CT molecular complexity index is 579. The van der Waals surface area contributed by atoms with Gasteiger partial charge in [0.25, 0.3) is 0 Å². The summed E-state index contributed by atoms with van der Waals surface area (Å²) in [6.45, 7) is 8.40. The van der Waals surface area contributed by atoms with Gasteiger partial charge in [-0.3, -0.25) is 9.35 Å². The maximum absolute atomic E-state index is 11.7. The molecule has 0 rings (SSSR count). The molecule has 0 radical (unpaired) electrons. The van der Waals surface area contributed by atoms with Crippen LogP contribution in [0.3, 0.4) is 0 Å². The first-order valence-electron chi connectivity index (χ1n) is 6.21. The third-order valence-electron chi connectivity index (χ3n) is 2.21. The summed E-state index contributed by atoms with van der Waals surface area (Å²) < 4.78 is 43.5. The maximum atomic E-state index is 11.7. The van der Waals surface area contributed by atoms with Crippen LogP contribution >= 0.6 is 0 Å². The molecule has 0 fully saturated rings. The molecule has 0 atom stereocenters. The minimum absolute atomic E-state index is 0. The van der Waals surface area contributed by atoms with E-state index in [4.69, 9.17) is 14.0 Å². The summed E-state index contributed by atoms with van der Waals surface area (Å²) in [5, 5.41) is 0. The first-order valence-corrected chi connectivity index (χ1v) is 7.82. The van der Waals surface area contributed by atoms with Crippen molar-refractivity contribution >= 4 is 65.8 Å². The second-order valence-corrected chi connectivity index (χ2v) is 6.02. The van der Waals surface area contributed by atoms with Crippen LogP contribution in [0.15, 0.2) is 24.3 Å². The predicted octanol–water partition coefficient (Wildman–Crippen LogP) is -0.686. The van der Waals surface area contributed by atoms with E-state index in [9.17, 15) is 22.8 Å². The Morgan fingerprint density at radius 2 is 1.33 bits per heavy atom. The van der Waals surface area contributed by atoms with Crippen molar-refractivity contribution in [1.29, 1.82) is 0 Å². The van der Waals surface area contributed by atoms with Crippen molar-refractivity contribution in [3.63, 3.8) is 0 Å². The summed E-state index contributed by atoms with van der Waals surface area (Å²) in [7, 11) is -4.53. The first kappa shape index (κ1) is 25.3. The van der Waals surface area contributed by atoms with Gasteiger partial charge in [0.1, 0.15) is 19.1 Å². The van der Waals surface area contributed by atoms with Gasteiger partial charge in [-0.15, -0.1) is 0 Å². The molecule has 134 valence electrons. The monoisotopic (exact) mass is 392 g/mol. The van der Waals surface area contributed by atoms with E-state index in [1.807, 2.05) is 0 Å². The van der Waals surface area contributed by atoms with Crippen LogP contribution in [0, 0.1) is 5.92 Å². The zero-order valence-electron chi connectivity index (χ0n) is 12.7. The normalized spacial score (nSPS) is 10.3. The number of hydrogen-bond acceptors (Lipinski definition) is 8. The molecule has 0 aromatic rings. The number of carbonyl (C=O) groups is 3. The summed E-state index contributed by atoms with van der Waals surface area (Å²) in [4.78, 5) is 34.3. The van der Waals surface area contributed by atoms with Crippen LogP contribution in [0.1, 0.15) is 13.8 Å². The van der Waals surface area contributed by atoms with E-state index in [0.717, 1.165) is 0 Å². The van der Waals surface area contributed by atoms with Gasteiger partial charge in [0.15, 0.2) is 0 Å².